The van der Waals surface area contributed by atoms with Gasteiger partial charge in [0.05, 0.1) is 0 Å². The molecule has 0 heterocycles. The van der Waals surface area contributed by atoms with E-state index in [1.54, 1.807) is 21.1 Å². The predicted molar refractivity (Wildman–Crippen MR) is 105 cm³/mol. The van der Waals surface area contributed by atoms with Gasteiger partial charge in [-0.2, -0.15) is 0 Å². The molecule has 0 atom stereocenters. The fourth-order valence-electron chi connectivity index (χ4n) is 1.58. The average molecular weight is 366 g/mol. The van der Waals surface area contributed by atoms with E-state index < -0.39 is 0 Å². The number of nitrogens with zero attached hydrogens (tertiary/aromatic N) is 1. The number of rotatable bonds is 9. The summed E-state index contributed by atoms with van der Waals surface area (Å²) < 4.78 is 0. The van der Waals surface area contributed by atoms with Crippen LogP contribution in [0, 0.1) is 0 Å². The van der Waals surface area contributed by atoms with Crippen molar-refractivity contribution in [2.75, 3.05) is 60.4 Å². The smallest absolute Gasteiger partial charge is 0.166 e. The molecule has 0 fully saturated rings. The Bertz CT molecular complexity index is 299. The van der Waals surface area contributed by atoms with Crippen LogP contribution in [0.5, 0.6) is 0 Å². The Morgan fingerprint density at radius 2 is 0.909 bits per heavy atom. The number of hydrogen-bond donors (Lipinski definition) is 6. The first-order valence-electron chi connectivity index (χ1n) is 7.12. The highest BCUT2D eigenvalue weighted by atomic mass is 32.1. The summed E-state index contributed by atoms with van der Waals surface area (Å²) in [6.07, 6.45) is 0. The molecule has 128 valence electrons. The van der Waals surface area contributed by atoms with Crippen molar-refractivity contribution in [1.82, 2.24) is 36.8 Å². The van der Waals surface area contributed by atoms with Crippen LogP contribution in [0.3, 0.4) is 0 Å². The molecular formula is C12H27N7S3. The molecule has 0 aliphatic rings. The van der Waals surface area contributed by atoms with Gasteiger partial charge in [0.2, 0.25) is 0 Å². The predicted octanol–water partition coefficient (Wildman–Crippen LogP) is -1.43. The van der Waals surface area contributed by atoms with E-state index >= 15 is 0 Å². The molecule has 0 aromatic heterocycles. The van der Waals surface area contributed by atoms with Crippen molar-refractivity contribution in [1.29, 1.82) is 0 Å². The third-order valence-corrected chi connectivity index (χ3v) is 3.87. The molecule has 0 aromatic rings. The molecular weight excluding hydrogens is 338 g/mol. The van der Waals surface area contributed by atoms with Gasteiger partial charge in [0, 0.05) is 60.4 Å². The van der Waals surface area contributed by atoms with Gasteiger partial charge in [-0.25, -0.2) is 0 Å². The zero-order valence-electron chi connectivity index (χ0n) is 13.4. The van der Waals surface area contributed by atoms with E-state index in [2.05, 4.69) is 36.8 Å². The van der Waals surface area contributed by atoms with Gasteiger partial charge in [-0.05, 0) is 36.7 Å². The minimum Gasteiger partial charge on any atom is -0.366 e. The Morgan fingerprint density at radius 3 is 1.14 bits per heavy atom. The Morgan fingerprint density at radius 1 is 0.636 bits per heavy atom. The highest BCUT2D eigenvalue weighted by molar-refractivity contribution is 7.80. The second-order valence-corrected chi connectivity index (χ2v) is 5.58. The first-order valence-corrected chi connectivity index (χ1v) is 8.35. The van der Waals surface area contributed by atoms with Gasteiger partial charge >= 0.3 is 0 Å². The number of thiocarbonyl (C=S) groups is 3. The summed E-state index contributed by atoms with van der Waals surface area (Å²) in [4.78, 5) is 2.31. The topological polar surface area (TPSA) is 75.4 Å². The molecule has 7 nitrogen and oxygen atoms in total. The highest BCUT2D eigenvalue weighted by Crippen LogP contribution is 1.86. The molecule has 0 rings (SSSR count). The molecule has 0 spiro atoms. The van der Waals surface area contributed by atoms with E-state index in [0.717, 1.165) is 39.3 Å². The molecule has 0 aliphatic carbocycles. The summed E-state index contributed by atoms with van der Waals surface area (Å²) in [5.74, 6) is 0. The van der Waals surface area contributed by atoms with Gasteiger partial charge in [0.15, 0.2) is 15.3 Å². The molecule has 0 bridgehead atoms. The van der Waals surface area contributed by atoms with Crippen molar-refractivity contribution in [2.45, 2.75) is 0 Å². The van der Waals surface area contributed by atoms with Crippen LogP contribution in [0.2, 0.25) is 0 Å². The zero-order valence-corrected chi connectivity index (χ0v) is 15.9. The SMILES string of the molecule is CNC(=S)NCCN(CCNC(=S)NC)CCNC(=S)NC. The normalized spacial score (nSPS) is 9.82. The molecule has 0 aliphatic heterocycles. The monoisotopic (exact) mass is 365 g/mol. The fraction of sp³-hybridized carbons (Fsp3) is 0.750. The van der Waals surface area contributed by atoms with Crippen molar-refractivity contribution in [3.8, 4) is 0 Å². The minimum atomic E-state index is 0.656. The maximum absolute atomic E-state index is 5.07. The lowest BCUT2D eigenvalue weighted by atomic mass is 10.4. The van der Waals surface area contributed by atoms with Gasteiger partial charge in [0.1, 0.15) is 0 Å². The minimum absolute atomic E-state index is 0.656. The summed E-state index contributed by atoms with van der Waals surface area (Å²) in [7, 11) is 5.41. The van der Waals surface area contributed by atoms with Gasteiger partial charge in [-0.15, -0.1) is 0 Å². The molecule has 10 heteroatoms. The van der Waals surface area contributed by atoms with E-state index in [9.17, 15) is 0 Å². The lowest BCUT2D eigenvalue weighted by Crippen LogP contribution is -2.45. The van der Waals surface area contributed by atoms with Gasteiger partial charge in [-0.1, -0.05) is 0 Å². The summed E-state index contributed by atoms with van der Waals surface area (Å²) in [5.41, 5.74) is 0. The lowest BCUT2D eigenvalue weighted by Gasteiger charge is -2.23. The van der Waals surface area contributed by atoms with E-state index in [1.165, 1.54) is 0 Å². The van der Waals surface area contributed by atoms with Crippen LogP contribution < -0.4 is 31.9 Å². The quantitative estimate of drug-likeness (QED) is 0.274. The van der Waals surface area contributed by atoms with Crippen molar-refractivity contribution in [3.05, 3.63) is 0 Å². The van der Waals surface area contributed by atoms with Crippen LogP contribution in [-0.2, 0) is 0 Å². The summed E-state index contributed by atoms with van der Waals surface area (Å²) in [5, 5.41) is 20.1. The molecule has 0 amide bonds. The molecule has 22 heavy (non-hydrogen) atoms. The van der Waals surface area contributed by atoms with E-state index in [-0.39, 0.29) is 0 Å². The van der Waals surface area contributed by atoms with Crippen molar-refractivity contribution in [3.63, 3.8) is 0 Å². The summed E-state index contributed by atoms with van der Waals surface area (Å²) in [6.45, 7) is 4.99. The van der Waals surface area contributed by atoms with Gasteiger partial charge in [0.25, 0.3) is 0 Å². The Labute approximate surface area is 149 Å². The van der Waals surface area contributed by atoms with Crippen LogP contribution in [-0.4, -0.2) is 80.6 Å². The number of nitrogens with one attached hydrogen (secondary N) is 6. The third-order valence-electron chi connectivity index (χ3n) is 2.82. The number of hydrogen-bond acceptors (Lipinski definition) is 4. The molecule has 0 aromatic carbocycles. The van der Waals surface area contributed by atoms with Crippen LogP contribution in [0.25, 0.3) is 0 Å². The molecule has 0 radical (unpaired) electrons. The Kier molecular flexibility index (Phi) is 13.1. The zero-order chi connectivity index (χ0) is 16.8. The maximum atomic E-state index is 5.07. The standard InChI is InChI=1S/C12H27N7S3/c1-13-10(20)16-4-7-19(8-5-17-11(21)14-2)9-6-18-12(22)15-3/h4-9H2,1-3H3,(H2,13,16,20)(H2,14,17,21)(H2,15,18,22). The fourth-order valence-corrected chi connectivity index (χ4v) is 1.89. The van der Waals surface area contributed by atoms with Crippen LogP contribution in [0.4, 0.5) is 0 Å². The molecule has 0 saturated carbocycles. The van der Waals surface area contributed by atoms with E-state index in [4.69, 9.17) is 36.7 Å². The lowest BCUT2D eigenvalue weighted by molar-refractivity contribution is 0.286. The molecule has 0 saturated heterocycles. The summed E-state index contributed by atoms with van der Waals surface area (Å²) in [6, 6.07) is 0. The van der Waals surface area contributed by atoms with E-state index in [0.29, 0.717) is 15.3 Å². The van der Waals surface area contributed by atoms with Gasteiger partial charge < -0.3 is 31.9 Å². The molecule has 0 unspecified atom stereocenters. The van der Waals surface area contributed by atoms with Crippen molar-refractivity contribution in [2.24, 2.45) is 0 Å². The van der Waals surface area contributed by atoms with Crippen LogP contribution in [0.1, 0.15) is 0 Å². The van der Waals surface area contributed by atoms with Gasteiger partial charge in [-0.3, -0.25) is 4.90 Å². The first kappa shape index (κ1) is 21.0. The average Bonchev–Trinajstić information content (AvgIpc) is 2.53. The second kappa shape index (κ2) is 13.7. The van der Waals surface area contributed by atoms with Crippen LogP contribution in [0.15, 0.2) is 0 Å². The van der Waals surface area contributed by atoms with Crippen LogP contribution >= 0.6 is 36.7 Å². The highest BCUT2D eigenvalue weighted by Gasteiger charge is 2.05. The Balaban J connectivity index is 4.09. The van der Waals surface area contributed by atoms with E-state index in [1.807, 2.05) is 0 Å². The largest absolute Gasteiger partial charge is 0.366 e. The maximum Gasteiger partial charge on any atom is 0.166 e. The Hall–Kier alpha value is -0.970. The van der Waals surface area contributed by atoms with Crippen molar-refractivity contribution < 1.29 is 0 Å². The molecule has 6 N–H and O–H groups in total. The first-order chi connectivity index (χ1) is 10.5. The third kappa shape index (κ3) is 11.7. The second-order valence-electron chi connectivity index (χ2n) is 4.36. The van der Waals surface area contributed by atoms with Crippen molar-refractivity contribution >= 4 is 52.0 Å². The summed E-state index contributed by atoms with van der Waals surface area (Å²) >= 11 is 15.2.